The van der Waals surface area contributed by atoms with E-state index in [1.165, 1.54) is 4.58 Å². The van der Waals surface area contributed by atoms with Crippen molar-refractivity contribution >= 4 is 40.6 Å². The molecule has 3 saturated heterocycles. The van der Waals surface area contributed by atoms with Gasteiger partial charge in [0.1, 0.15) is 17.4 Å². The minimum absolute atomic E-state index is 0.0617. The topological polar surface area (TPSA) is 156 Å². The summed E-state index contributed by atoms with van der Waals surface area (Å²) in [6.45, 7) is 10.2. The normalized spacial score (nSPS) is 23.6. The van der Waals surface area contributed by atoms with Crippen LogP contribution in [0.1, 0.15) is 59.7 Å². The molecule has 0 unspecified atom stereocenters. The molecule has 2 aromatic carbocycles. The highest BCUT2D eigenvalue weighted by atomic mass is 16.5. The van der Waals surface area contributed by atoms with Crippen molar-refractivity contribution in [3.63, 3.8) is 0 Å². The first-order valence-electron chi connectivity index (χ1n) is 19.1. The van der Waals surface area contributed by atoms with Crippen LogP contribution in [0.4, 0.5) is 17.2 Å². The first-order valence-corrected chi connectivity index (χ1v) is 19.1. The number of hydrogen-bond donors (Lipinski definition) is 3. The fourth-order valence-electron chi connectivity index (χ4n) is 8.82. The first-order chi connectivity index (χ1) is 26.7. The van der Waals surface area contributed by atoms with Gasteiger partial charge in [0.2, 0.25) is 11.8 Å². The molecule has 3 amide bonds. The van der Waals surface area contributed by atoms with Crippen molar-refractivity contribution in [2.45, 2.75) is 64.3 Å². The van der Waals surface area contributed by atoms with Gasteiger partial charge in [0.15, 0.2) is 12.4 Å². The third-order valence-corrected chi connectivity index (χ3v) is 11.9. The lowest BCUT2D eigenvalue weighted by Gasteiger charge is -2.43. The number of benzene rings is 2. The zero-order valence-corrected chi connectivity index (χ0v) is 31.0. The number of para-hydroxylation sites is 1. The Morgan fingerprint density at radius 2 is 1.84 bits per heavy atom. The lowest BCUT2D eigenvalue weighted by molar-refractivity contribution is -0.438. The molecule has 14 nitrogen and oxygen atoms in total. The highest BCUT2D eigenvalue weighted by Gasteiger charge is 2.49. The van der Waals surface area contributed by atoms with Gasteiger partial charge in [-0.05, 0) is 61.4 Å². The second-order valence-corrected chi connectivity index (χ2v) is 15.3. The Morgan fingerprint density at radius 1 is 1.00 bits per heavy atom. The summed E-state index contributed by atoms with van der Waals surface area (Å²) < 4.78 is 8.15. The number of aryl methyl sites for hydroxylation is 1. The van der Waals surface area contributed by atoms with Crippen LogP contribution in [0.15, 0.2) is 60.8 Å². The summed E-state index contributed by atoms with van der Waals surface area (Å²) >= 11 is 0. The SMILES string of the molecule is CC[C@]12CNc3nnc(-c4ccccc4O)cc3N1C[C@H](Oc1ncc(CN3CCN(c4ccc5c(c4)C(=O)[N+](=C4CCC(=O)NC4=O)C5)CC3)cc1C)C2. The Kier molecular flexibility index (Phi) is 8.71. The Hall–Kier alpha value is -5.89. The minimum Gasteiger partial charge on any atom is -0.507 e. The Bertz CT molecular complexity index is 2270. The molecular formula is C41H44N9O5+. The fraction of sp³-hybridized carbons (Fsp3) is 0.390. The maximum absolute atomic E-state index is 13.3. The van der Waals surface area contributed by atoms with Crippen molar-refractivity contribution in [2.24, 2.45) is 0 Å². The molecule has 55 heavy (non-hydrogen) atoms. The minimum atomic E-state index is -0.474. The molecule has 282 valence electrons. The average molecular weight is 743 g/mol. The van der Waals surface area contributed by atoms with Gasteiger partial charge in [0, 0.05) is 87.1 Å². The number of pyridine rings is 1. The number of aromatic nitrogens is 3. The van der Waals surface area contributed by atoms with Crippen LogP contribution in [0.5, 0.6) is 11.6 Å². The smallest absolute Gasteiger partial charge is 0.420 e. The third-order valence-electron chi connectivity index (χ3n) is 11.9. The highest BCUT2D eigenvalue weighted by molar-refractivity contribution is 6.42. The van der Waals surface area contributed by atoms with Crippen LogP contribution in [0.25, 0.3) is 11.3 Å². The zero-order chi connectivity index (χ0) is 37.8. The average Bonchev–Trinajstić information content (AvgIpc) is 3.73. The number of phenols is 1. The van der Waals surface area contributed by atoms with Crippen LogP contribution in [0, 0.1) is 6.92 Å². The molecule has 5 aliphatic rings. The molecule has 0 spiro atoms. The summed E-state index contributed by atoms with van der Waals surface area (Å²) in [5.41, 5.74) is 7.11. The number of piperidine rings is 1. The maximum Gasteiger partial charge on any atom is 0.420 e. The summed E-state index contributed by atoms with van der Waals surface area (Å²) in [4.78, 5) is 49.3. The lowest BCUT2D eigenvalue weighted by Crippen LogP contribution is -2.52. The number of rotatable bonds is 7. The predicted octanol–water partition coefficient (Wildman–Crippen LogP) is 3.65. The monoisotopic (exact) mass is 742 g/mol. The zero-order valence-electron chi connectivity index (χ0n) is 31.0. The maximum atomic E-state index is 13.3. The number of fused-ring (bicyclic) bond motifs is 4. The van der Waals surface area contributed by atoms with Crippen LogP contribution in [0.2, 0.25) is 0 Å². The van der Waals surface area contributed by atoms with Crippen LogP contribution >= 0.6 is 0 Å². The molecule has 2 aromatic heterocycles. The molecule has 14 heteroatoms. The molecule has 0 radical (unpaired) electrons. The number of amides is 3. The van der Waals surface area contributed by atoms with Gasteiger partial charge in [-0.3, -0.25) is 19.8 Å². The van der Waals surface area contributed by atoms with E-state index in [0.717, 1.165) is 86.0 Å². The number of imide groups is 1. The molecule has 5 aliphatic heterocycles. The van der Waals surface area contributed by atoms with Crippen molar-refractivity contribution < 1.29 is 28.8 Å². The molecule has 0 saturated carbocycles. The second-order valence-electron chi connectivity index (χ2n) is 15.3. The van der Waals surface area contributed by atoms with E-state index >= 15 is 0 Å². The molecule has 2 atom stereocenters. The Labute approximate surface area is 318 Å². The van der Waals surface area contributed by atoms with E-state index in [1.54, 1.807) is 12.1 Å². The van der Waals surface area contributed by atoms with E-state index in [2.05, 4.69) is 61.5 Å². The van der Waals surface area contributed by atoms with Gasteiger partial charge in [-0.25, -0.2) is 9.78 Å². The second kappa shape index (κ2) is 13.8. The van der Waals surface area contributed by atoms with Gasteiger partial charge in [0.05, 0.1) is 23.5 Å². The summed E-state index contributed by atoms with van der Waals surface area (Å²) in [5, 5.41) is 25.2. The molecule has 7 heterocycles. The molecule has 4 aromatic rings. The van der Waals surface area contributed by atoms with Crippen LogP contribution in [-0.2, 0) is 22.7 Å². The standard InChI is InChI=1S/C41H43N9O5/c1-3-41-19-29(23-50(41)34-18-32(45-46-37(34)43-24-41)30-6-4-5-7-35(30)51)55-39-25(2)16-26(20-42-39)21-47-12-14-48(15-13-47)28-9-8-27-22-49(40(54)31(27)17-28)33-10-11-36(52)44-38(33)53/h4-9,16-18,20,29H,3,10-15,19,21-24H2,1-2H3,(H2,44,52,53)/p+1/t29-,41+/m1/s1. The summed E-state index contributed by atoms with van der Waals surface area (Å²) in [7, 11) is 0. The van der Waals surface area contributed by atoms with Crippen molar-refractivity contribution in [3.05, 3.63) is 83.0 Å². The van der Waals surface area contributed by atoms with E-state index in [9.17, 15) is 19.5 Å². The van der Waals surface area contributed by atoms with Crippen molar-refractivity contribution in [1.82, 2.24) is 25.4 Å². The Balaban J connectivity index is 0.825. The third kappa shape index (κ3) is 6.33. The van der Waals surface area contributed by atoms with Crippen LogP contribution < -0.4 is 25.2 Å². The lowest BCUT2D eigenvalue weighted by atomic mass is 9.90. The van der Waals surface area contributed by atoms with Gasteiger partial charge in [0.25, 0.3) is 5.71 Å². The van der Waals surface area contributed by atoms with Gasteiger partial charge in [-0.15, -0.1) is 10.2 Å². The number of carbonyl (C=O) groups excluding carboxylic acids is 3. The number of hydrogen-bond acceptors (Lipinski definition) is 12. The van der Waals surface area contributed by atoms with E-state index in [0.29, 0.717) is 41.5 Å². The fourth-order valence-corrected chi connectivity index (χ4v) is 8.82. The molecular weight excluding hydrogens is 699 g/mol. The van der Waals surface area contributed by atoms with E-state index in [4.69, 9.17) is 9.72 Å². The van der Waals surface area contributed by atoms with Crippen LogP contribution in [0.3, 0.4) is 0 Å². The number of ether oxygens (including phenoxy) is 1. The van der Waals surface area contributed by atoms with Crippen molar-refractivity contribution in [3.8, 4) is 22.9 Å². The number of aromatic hydroxyl groups is 1. The van der Waals surface area contributed by atoms with E-state index in [-0.39, 0.29) is 42.0 Å². The molecule has 9 rings (SSSR count). The Morgan fingerprint density at radius 3 is 2.62 bits per heavy atom. The van der Waals surface area contributed by atoms with Gasteiger partial charge < -0.3 is 25.0 Å². The summed E-state index contributed by atoms with van der Waals surface area (Å²) in [5.74, 6) is 0.604. The highest BCUT2D eigenvalue weighted by Crippen LogP contribution is 2.45. The molecule has 0 bridgehead atoms. The van der Waals surface area contributed by atoms with Crippen molar-refractivity contribution in [2.75, 3.05) is 54.4 Å². The molecule has 3 fully saturated rings. The summed E-state index contributed by atoms with van der Waals surface area (Å²) in [6.07, 6.45) is 4.12. The van der Waals surface area contributed by atoms with E-state index in [1.807, 2.05) is 36.5 Å². The number of anilines is 3. The number of nitrogens with one attached hydrogen (secondary N) is 2. The number of carbonyl (C=O) groups is 3. The molecule has 3 N–H and O–H groups in total. The summed E-state index contributed by atoms with van der Waals surface area (Å²) in [6, 6.07) is 17.4. The number of phenolic OH excluding ortho intramolecular Hbond substituents is 1. The predicted molar refractivity (Wildman–Crippen MR) is 206 cm³/mol. The van der Waals surface area contributed by atoms with Crippen molar-refractivity contribution in [1.29, 1.82) is 0 Å². The van der Waals surface area contributed by atoms with Gasteiger partial charge in [-0.1, -0.05) is 19.1 Å². The number of nitrogens with zero attached hydrogens (tertiary/aromatic N) is 7. The quantitative estimate of drug-likeness (QED) is 0.187. The molecule has 0 aliphatic carbocycles. The van der Waals surface area contributed by atoms with Crippen LogP contribution in [-0.4, -0.2) is 104 Å². The van der Waals surface area contributed by atoms with Gasteiger partial charge in [-0.2, -0.15) is 4.58 Å². The van der Waals surface area contributed by atoms with E-state index < -0.39 is 5.91 Å². The first kappa shape index (κ1) is 34.9. The van der Waals surface area contributed by atoms with Gasteiger partial charge >= 0.3 is 11.8 Å². The number of piperazine rings is 1. The largest absolute Gasteiger partial charge is 0.507 e.